The van der Waals surface area contributed by atoms with Crippen molar-refractivity contribution < 1.29 is 0 Å². The molecule has 2 aromatic carbocycles. The van der Waals surface area contributed by atoms with Gasteiger partial charge in [0.1, 0.15) is 0 Å². The zero-order valence-corrected chi connectivity index (χ0v) is 25.1. The Bertz CT molecular complexity index is 1230. The van der Waals surface area contributed by atoms with Crippen LogP contribution in [0.25, 0.3) is 37.6 Å². The van der Waals surface area contributed by atoms with Gasteiger partial charge in [-0.15, -0.1) is 0 Å². The van der Waals surface area contributed by atoms with Crippen molar-refractivity contribution in [1.82, 2.24) is 0 Å². The van der Waals surface area contributed by atoms with Gasteiger partial charge in [-0.1, -0.05) is 110 Å². The maximum absolute atomic E-state index is 2.33. The molecular weight excluding hydrogens is 561 g/mol. The molecule has 0 nitrogen and oxygen atoms in total. The van der Waals surface area contributed by atoms with Crippen LogP contribution in [0.1, 0.15) is 49.9 Å². The molecule has 0 aliphatic carbocycles. The number of benzene rings is 2. The van der Waals surface area contributed by atoms with Gasteiger partial charge in [0.15, 0.2) is 0 Å². The van der Waals surface area contributed by atoms with Gasteiger partial charge in [-0.3, -0.25) is 0 Å². The van der Waals surface area contributed by atoms with E-state index in [0.717, 1.165) is 25.7 Å². The van der Waals surface area contributed by atoms with Gasteiger partial charge < -0.3 is 0 Å². The zero-order chi connectivity index (χ0) is 20.8. The third kappa shape index (κ3) is 3.54. The highest BCUT2D eigenvalue weighted by molar-refractivity contribution is 7.99. The van der Waals surface area contributed by atoms with Crippen molar-refractivity contribution >= 4 is 139 Å². The van der Waals surface area contributed by atoms with Gasteiger partial charge in [0, 0.05) is 0 Å². The molecule has 3 heterocycles. The van der Waals surface area contributed by atoms with Crippen molar-refractivity contribution in [3.05, 3.63) is 22.3 Å². The highest BCUT2D eigenvalue weighted by atomic mass is 33.2. The summed E-state index contributed by atoms with van der Waals surface area (Å²) in [4.78, 5) is 0. The number of hydrogen-bond donors (Lipinski definition) is 0. The molecule has 0 radical (unpaired) electrons. The Hall–Kier alpha value is 0.640. The molecule has 5 rings (SSSR count). The highest BCUT2D eigenvalue weighted by Crippen LogP contribution is 2.48. The predicted molar refractivity (Wildman–Crippen MR) is 157 cm³/mol. The van der Waals surface area contributed by atoms with E-state index in [1.807, 2.05) is 101 Å². The molecule has 3 aromatic heterocycles. The first-order chi connectivity index (χ1) is 14.7. The lowest BCUT2D eigenvalue weighted by atomic mass is 10.1. The van der Waals surface area contributed by atoms with E-state index in [9.17, 15) is 0 Å². The minimum absolute atomic E-state index is 1.11. The van der Waals surface area contributed by atoms with Crippen molar-refractivity contribution in [3.8, 4) is 0 Å². The van der Waals surface area contributed by atoms with Crippen LogP contribution in [0.2, 0.25) is 0 Å². The van der Waals surface area contributed by atoms with Crippen LogP contribution < -0.4 is 0 Å². The summed E-state index contributed by atoms with van der Waals surface area (Å²) in [5.41, 5.74) is 6.29. The van der Waals surface area contributed by atoms with Crippen LogP contribution >= 0.6 is 101 Å². The summed E-state index contributed by atoms with van der Waals surface area (Å²) in [6, 6.07) is 0. The van der Waals surface area contributed by atoms with Crippen LogP contribution in [-0.2, 0) is 25.7 Å². The maximum Gasteiger partial charge on any atom is 0.0615 e. The normalized spacial score (nSPS) is 11.9. The molecule has 0 bridgehead atoms. The highest BCUT2D eigenvalue weighted by Gasteiger charge is 2.18. The van der Waals surface area contributed by atoms with E-state index in [1.165, 1.54) is 18.8 Å². The lowest BCUT2D eigenvalue weighted by Crippen LogP contribution is -1.89. The fraction of sp³-hybridized carbons (Fsp3) is 0.400. The molecule has 30 heavy (non-hydrogen) atoms. The molecule has 0 aliphatic heterocycles. The van der Waals surface area contributed by atoms with Gasteiger partial charge in [0.25, 0.3) is 0 Å². The molecule has 160 valence electrons. The topological polar surface area (TPSA) is 0 Å². The molecule has 0 atom stereocenters. The first-order valence-corrected chi connectivity index (χ1v) is 21.1. The van der Waals surface area contributed by atoms with E-state index in [-0.39, 0.29) is 0 Å². The Morgan fingerprint density at radius 1 is 0.333 bits per heavy atom. The van der Waals surface area contributed by atoms with Crippen LogP contribution in [0.5, 0.6) is 0 Å². The van der Waals surface area contributed by atoms with Crippen molar-refractivity contribution in [3.63, 3.8) is 0 Å². The summed E-state index contributed by atoms with van der Waals surface area (Å²) >= 11 is 0. The molecule has 0 N–H and O–H groups in total. The quantitative estimate of drug-likeness (QED) is 0.185. The Balaban J connectivity index is 2.04. The van der Waals surface area contributed by atoms with E-state index < -0.39 is 0 Å². The molecule has 0 spiro atoms. The Morgan fingerprint density at radius 2 is 0.533 bits per heavy atom. The molecular formula is C20H20S10. The molecule has 0 fully saturated rings. The summed E-state index contributed by atoms with van der Waals surface area (Å²) in [7, 11) is 19.9. The number of hydrogen-bond acceptors (Lipinski definition) is 10. The van der Waals surface area contributed by atoms with Gasteiger partial charge in [0.2, 0.25) is 0 Å². The fourth-order valence-corrected chi connectivity index (χ4v) is 20.9. The molecule has 5 aromatic rings. The van der Waals surface area contributed by atoms with Crippen LogP contribution in [0.3, 0.4) is 0 Å². The Kier molecular flexibility index (Phi) is 7.09. The standard InChI is InChI=1S/C20H20S10/c1-5-9-13-14(10(6-2)18-17(9)25-29-26-18)22-24-16-12(8-4)20-19(27-30-28-20)11(7-3)15(16)23-21-13/h5-8H2,1-4H3. The molecule has 0 saturated heterocycles. The monoisotopic (exact) mass is 580 g/mol. The van der Waals surface area contributed by atoms with E-state index in [1.54, 1.807) is 41.1 Å². The zero-order valence-electron chi connectivity index (χ0n) is 16.9. The second-order valence-corrected chi connectivity index (χ2v) is 18.9. The van der Waals surface area contributed by atoms with Gasteiger partial charge >= 0.3 is 0 Å². The molecule has 0 unspecified atom stereocenters. The average Bonchev–Trinajstić information content (AvgIpc) is 3.42. The van der Waals surface area contributed by atoms with Crippen LogP contribution in [0.4, 0.5) is 0 Å². The summed E-state index contributed by atoms with van der Waals surface area (Å²) in [5.74, 6) is 0. The lowest BCUT2D eigenvalue weighted by Gasteiger charge is -2.11. The average molecular weight is 581 g/mol. The van der Waals surface area contributed by atoms with Gasteiger partial charge in [-0.05, 0) is 66.6 Å². The second-order valence-electron chi connectivity index (χ2n) is 6.76. The van der Waals surface area contributed by atoms with Crippen LogP contribution in [-0.4, -0.2) is 0 Å². The third-order valence-electron chi connectivity index (χ3n) is 5.32. The molecule has 0 aliphatic rings. The van der Waals surface area contributed by atoms with E-state index in [2.05, 4.69) is 27.7 Å². The summed E-state index contributed by atoms with van der Waals surface area (Å²) in [6.45, 7) is 9.32. The van der Waals surface area contributed by atoms with Gasteiger partial charge in [-0.25, -0.2) is 0 Å². The first kappa shape index (κ1) is 22.4. The van der Waals surface area contributed by atoms with Gasteiger partial charge in [-0.2, -0.15) is 0 Å². The molecule has 0 saturated carbocycles. The number of fused-ring (bicyclic) bond motifs is 4. The number of aryl methyl sites for hydroxylation is 4. The summed E-state index contributed by atoms with van der Waals surface area (Å²) in [5, 5.41) is 0. The van der Waals surface area contributed by atoms with E-state index in [0.29, 0.717) is 0 Å². The minimum atomic E-state index is 1.11. The predicted octanol–water partition coefficient (Wildman–Crippen LogP) is 12.0. The minimum Gasteiger partial charge on any atom is -0.0782 e. The first-order valence-electron chi connectivity index (χ1n) is 9.88. The summed E-state index contributed by atoms with van der Waals surface area (Å²) < 4.78 is 12.3. The molecule has 0 amide bonds. The van der Waals surface area contributed by atoms with Gasteiger partial charge in [0.05, 0.1) is 37.6 Å². The fourth-order valence-electron chi connectivity index (χ4n) is 3.84. The third-order valence-corrected chi connectivity index (χ3v) is 19.0. The van der Waals surface area contributed by atoms with Crippen LogP contribution in [0.15, 0.2) is 0 Å². The molecule has 10 heteroatoms. The van der Waals surface area contributed by atoms with Crippen molar-refractivity contribution in [2.45, 2.75) is 53.4 Å². The SMILES string of the molecule is CCc1c2sssc2c(CC)c2ssc3c(CC)c4sssc4c(CC)c3ssc12. The largest absolute Gasteiger partial charge is 0.0782 e. The Morgan fingerprint density at radius 3 is 0.733 bits per heavy atom. The van der Waals surface area contributed by atoms with Crippen molar-refractivity contribution in [2.24, 2.45) is 0 Å². The smallest absolute Gasteiger partial charge is 0.0615 e. The lowest BCUT2D eigenvalue weighted by molar-refractivity contribution is 1.17. The van der Waals surface area contributed by atoms with E-state index in [4.69, 9.17) is 0 Å². The van der Waals surface area contributed by atoms with E-state index >= 15 is 0 Å². The summed E-state index contributed by atoms with van der Waals surface area (Å²) in [6.07, 6.45) is 4.45. The van der Waals surface area contributed by atoms with Crippen molar-refractivity contribution in [1.29, 1.82) is 0 Å². The number of rotatable bonds is 4. The maximum atomic E-state index is 2.33. The Labute approximate surface area is 212 Å². The van der Waals surface area contributed by atoms with Crippen molar-refractivity contribution in [2.75, 3.05) is 0 Å². The van der Waals surface area contributed by atoms with Crippen LogP contribution in [0, 0.1) is 0 Å². The second kappa shape index (κ2) is 9.48.